The van der Waals surface area contributed by atoms with Crippen LogP contribution in [0, 0.1) is 0 Å². The summed E-state index contributed by atoms with van der Waals surface area (Å²) in [4.78, 5) is 32.2. The number of carbonyl (C=O) groups excluding carboxylic acids is 2. The maximum Gasteiger partial charge on any atom is 0.247 e. The van der Waals surface area contributed by atoms with Crippen LogP contribution in [-0.2, 0) is 9.59 Å². The van der Waals surface area contributed by atoms with Crippen LogP contribution >= 0.6 is 23.2 Å². The molecule has 7 heteroatoms. The monoisotopic (exact) mass is 429 g/mol. The number of aromatic nitrogens is 1. The highest BCUT2D eigenvalue weighted by Crippen LogP contribution is 2.29. The number of pyridine rings is 1. The van der Waals surface area contributed by atoms with E-state index in [0.29, 0.717) is 24.7 Å². The molecule has 1 aromatic carbocycles. The summed E-state index contributed by atoms with van der Waals surface area (Å²) in [5.41, 5.74) is 3.81. The second-order valence-electron chi connectivity index (χ2n) is 6.71. The van der Waals surface area contributed by atoms with Crippen LogP contribution in [-0.4, -0.2) is 46.2 Å². The molecule has 150 valence electrons. The fourth-order valence-corrected chi connectivity index (χ4v) is 3.75. The van der Waals surface area contributed by atoms with Gasteiger partial charge in [-0.05, 0) is 47.5 Å². The van der Waals surface area contributed by atoms with Crippen molar-refractivity contribution in [1.82, 2.24) is 14.8 Å². The molecule has 1 saturated heterocycles. The molecule has 1 aliphatic rings. The van der Waals surface area contributed by atoms with E-state index in [1.807, 2.05) is 48.6 Å². The van der Waals surface area contributed by atoms with Gasteiger partial charge < -0.3 is 9.80 Å². The second kappa shape index (κ2) is 9.72. The number of benzene rings is 1. The number of nitrogens with zero attached hydrogens (tertiary/aromatic N) is 3. The van der Waals surface area contributed by atoms with Gasteiger partial charge in [0.1, 0.15) is 0 Å². The van der Waals surface area contributed by atoms with Crippen molar-refractivity contribution in [3.8, 4) is 0 Å². The highest BCUT2D eigenvalue weighted by molar-refractivity contribution is 6.30. The molecule has 2 aromatic rings. The summed E-state index contributed by atoms with van der Waals surface area (Å²) in [7, 11) is 0. The van der Waals surface area contributed by atoms with Gasteiger partial charge >= 0.3 is 0 Å². The van der Waals surface area contributed by atoms with Crippen molar-refractivity contribution in [3.63, 3.8) is 0 Å². The first kappa shape index (κ1) is 21.1. The summed E-state index contributed by atoms with van der Waals surface area (Å²) in [6, 6.07) is 11.1. The van der Waals surface area contributed by atoms with Crippen LogP contribution in [0.2, 0.25) is 5.02 Å². The molecular formula is C22H21Cl2N3O2. The highest BCUT2D eigenvalue weighted by atomic mass is 35.5. The Bertz CT molecular complexity index is 944. The number of piperazine rings is 1. The van der Waals surface area contributed by atoms with Crippen LogP contribution in [0.4, 0.5) is 0 Å². The maximum absolute atomic E-state index is 12.3. The maximum atomic E-state index is 12.3. The molecule has 1 atom stereocenters. The van der Waals surface area contributed by atoms with E-state index in [9.17, 15) is 9.59 Å². The van der Waals surface area contributed by atoms with E-state index in [0.717, 1.165) is 16.8 Å². The molecule has 0 spiro atoms. The Hall–Kier alpha value is -2.63. The van der Waals surface area contributed by atoms with E-state index >= 15 is 0 Å². The summed E-state index contributed by atoms with van der Waals surface area (Å²) in [6.45, 7) is 2.83. The summed E-state index contributed by atoms with van der Waals surface area (Å²) in [5, 5.41) is 0.566. The molecule has 0 radical (unpaired) electrons. The average molecular weight is 430 g/mol. The van der Waals surface area contributed by atoms with E-state index in [-0.39, 0.29) is 17.9 Å². The SMILES string of the molecule is CC(=O)N1CCN(C(=O)/C=C\Cl)C[C@H]1c1cc(Cl)cc(/C=C/c2ccccn2)c1. The number of hydrogen-bond donors (Lipinski definition) is 0. The van der Waals surface area contributed by atoms with Crippen LogP contribution in [0.25, 0.3) is 12.2 Å². The summed E-state index contributed by atoms with van der Waals surface area (Å²) >= 11 is 11.9. The molecule has 2 heterocycles. The predicted molar refractivity (Wildman–Crippen MR) is 116 cm³/mol. The number of amides is 2. The van der Waals surface area contributed by atoms with Gasteiger partial charge in [0.2, 0.25) is 11.8 Å². The van der Waals surface area contributed by atoms with Crippen LogP contribution < -0.4 is 0 Å². The van der Waals surface area contributed by atoms with Gasteiger partial charge in [-0.3, -0.25) is 14.6 Å². The van der Waals surface area contributed by atoms with Gasteiger partial charge in [-0.2, -0.15) is 0 Å². The topological polar surface area (TPSA) is 53.5 Å². The molecule has 1 aromatic heterocycles. The third-order valence-electron chi connectivity index (χ3n) is 4.76. The summed E-state index contributed by atoms with van der Waals surface area (Å²) < 4.78 is 0. The Balaban J connectivity index is 1.91. The fourth-order valence-electron chi connectivity index (χ4n) is 3.39. The van der Waals surface area contributed by atoms with Crippen molar-refractivity contribution < 1.29 is 9.59 Å². The van der Waals surface area contributed by atoms with Crippen LogP contribution in [0.1, 0.15) is 29.8 Å². The van der Waals surface area contributed by atoms with Crippen molar-refractivity contribution in [2.45, 2.75) is 13.0 Å². The summed E-state index contributed by atoms with van der Waals surface area (Å²) in [5.74, 6) is -0.217. The van der Waals surface area contributed by atoms with E-state index < -0.39 is 0 Å². The largest absolute Gasteiger partial charge is 0.335 e. The van der Waals surface area contributed by atoms with E-state index in [4.69, 9.17) is 23.2 Å². The molecule has 2 amide bonds. The van der Waals surface area contributed by atoms with Crippen LogP contribution in [0.5, 0.6) is 0 Å². The minimum Gasteiger partial charge on any atom is -0.335 e. The van der Waals surface area contributed by atoms with Gasteiger partial charge in [-0.25, -0.2) is 0 Å². The van der Waals surface area contributed by atoms with Crippen molar-refractivity contribution in [1.29, 1.82) is 0 Å². The molecule has 5 nitrogen and oxygen atoms in total. The van der Waals surface area contributed by atoms with Gasteiger partial charge in [0, 0.05) is 49.4 Å². The Morgan fingerprint density at radius 1 is 1.17 bits per heavy atom. The molecule has 0 N–H and O–H groups in total. The van der Waals surface area contributed by atoms with Crippen LogP contribution in [0.3, 0.4) is 0 Å². The van der Waals surface area contributed by atoms with Gasteiger partial charge in [-0.15, -0.1) is 0 Å². The lowest BCUT2D eigenvalue weighted by Gasteiger charge is -2.41. The van der Waals surface area contributed by atoms with Gasteiger partial charge in [-0.1, -0.05) is 35.3 Å². The zero-order chi connectivity index (χ0) is 20.8. The number of hydrogen-bond acceptors (Lipinski definition) is 3. The Morgan fingerprint density at radius 3 is 2.69 bits per heavy atom. The Labute approximate surface area is 180 Å². The molecule has 0 saturated carbocycles. The molecule has 0 unspecified atom stereocenters. The minimum atomic E-state index is -0.283. The normalized spacial score (nSPS) is 17.3. The zero-order valence-corrected chi connectivity index (χ0v) is 17.5. The van der Waals surface area contributed by atoms with E-state index in [1.54, 1.807) is 16.0 Å². The standard InChI is InChI=1S/C22H21Cl2N3O2/c1-16(28)27-11-10-26(22(29)7-8-23)15-21(27)18-12-17(13-19(24)14-18)5-6-20-4-2-3-9-25-20/h2-9,12-14,21H,10-11,15H2,1H3/b6-5+,8-7-/t21-/m0/s1. The highest BCUT2D eigenvalue weighted by Gasteiger charge is 2.31. The Kier molecular flexibility index (Phi) is 7.07. The predicted octanol–water partition coefficient (Wildman–Crippen LogP) is 4.39. The number of rotatable bonds is 4. The molecule has 29 heavy (non-hydrogen) atoms. The third-order valence-corrected chi connectivity index (χ3v) is 5.11. The quantitative estimate of drug-likeness (QED) is 0.677. The minimum absolute atomic E-state index is 0.0412. The molecule has 0 bridgehead atoms. The zero-order valence-electron chi connectivity index (χ0n) is 16.0. The first-order valence-electron chi connectivity index (χ1n) is 9.20. The van der Waals surface area contributed by atoms with Crippen molar-refractivity contribution in [2.75, 3.05) is 19.6 Å². The molecule has 0 aliphatic carbocycles. The van der Waals surface area contributed by atoms with Gasteiger partial charge in [0.25, 0.3) is 0 Å². The van der Waals surface area contributed by atoms with E-state index in [2.05, 4.69) is 4.98 Å². The van der Waals surface area contributed by atoms with Crippen molar-refractivity contribution in [2.24, 2.45) is 0 Å². The number of carbonyl (C=O) groups is 2. The van der Waals surface area contributed by atoms with Gasteiger partial charge in [0.15, 0.2) is 0 Å². The van der Waals surface area contributed by atoms with Gasteiger partial charge in [0.05, 0.1) is 11.7 Å². The first-order chi connectivity index (χ1) is 14.0. The fraction of sp³-hybridized carbons (Fsp3) is 0.227. The lowest BCUT2D eigenvalue weighted by Crippen LogP contribution is -2.51. The molecule has 3 rings (SSSR count). The molecule has 1 aliphatic heterocycles. The summed E-state index contributed by atoms with van der Waals surface area (Å²) in [6.07, 6.45) is 6.88. The smallest absolute Gasteiger partial charge is 0.247 e. The van der Waals surface area contributed by atoms with Crippen molar-refractivity contribution >= 4 is 47.2 Å². The number of halogens is 2. The van der Waals surface area contributed by atoms with Crippen molar-refractivity contribution in [3.05, 3.63) is 76.0 Å². The molecule has 1 fully saturated rings. The first-order valence-corrected chi connectivity index (χ1v) is 10.0. The second-order valence-corrected chi connectivity index (χ2v) is 7.40. The lowest BCUT2D eigenvalue weighted by molar-refractivity contribution is -0.139. The third kappa shape index (κ3) is 5.46. The molecular weight excluding hydrogens is 409 g/mol. The Morgan fingerprint density at radius 2 is 2.00 bits per heavy atom. The lowest BCUT2D eigenvalue weighted by atomic mass is 9.99. The average Bonchev–Trinajstić information content (AvgIpc) is 2.72. The van der Waals surface area contributed by atoms with Crippen LogP contribution in [0.15, 0.2) is 54.2 Å². The van der Waals surface area contributed by atoms with E-state index in [1.165, 1.54) is 18.5 Å².